The molecule has 0 fully saturated rings. The van der Waals surface area contributed by atoms with Gasteiger partial charge < -0.3 is 9.80 Å². The largest absolute Gasteiger partial charge is 0.308 e. The van der Waals surface area contributed by atoms with Gasteiger partial charge in [0.05, 0.1) is 13.1 Å². The van der Waals surface area contributed by atoms with Gasteiger partial charge in [0.15, 0.2) is 0 Å². The maximum absolute atomic E-state index is 13.5. The van der Waals surface area contributed by atoms with E-state index < -0.39 is 0 Å². The van der Waals surface area contributed by atoms with Crippen molar-refractivity contribution in [3.05, 3.63) is 132 Å². The van der Waals surface area contributed by atoms with Crippen LogP contribution in [0.15, 0.2) is 115 Å². The molecule has 0 atom stereocenters. The highest BCUT2D eigenvalue weighted by Gasteiger charge is 2.24. The van der Waals surface area contributed by atoms with E-state index >= 15 is 0 Å². The second kappa shape index (κ2) is 11.1. The first-order chi connectivity index (χ1) is 16.6. The first-order valence-electron chi connectivity index (χ1n) is 11.1. The number of hydrogen-bond acceptors (Lipinski definition) is 2. The number of nitrogens with zero attached hydrogens (tertiary/aromatic N) is 2. The Morgan fingerprint density at radius 1 is 0.529 bits per heavy atom. The number of benzene rings is 4. The minimum Gasteiger partial charge on any atom is -0.308 e. The van der Waals surface area contributed by atoms with Crippen LogP contribution in [0, 0.1) is 5.82 Å². The van der Waals surface area contributed by atoms with Crippen LogP contribution < -0.4 is 9.80 Å². The highest BCUT2D eigenvalue weighted by Crippen LogP contribution is 2.22. The van der Waals surface area contributed by atoms with E-state index in [4.69, 9.17) is 0 Å². The number of carbonyl (C=O) groups is 2. The van der Waals surface area contributed by atoms with E-state index in [1.807, 2.05) is 91.0 Å². The highest BCUT2D eigenvalue weighted by atomic mass is 19.1. The van der Waals surface area contributed by atoms with Gasteiger partial charge in [-0.15, -0.1) is 0 Å². The topological polar surface area (TPSA) is 40.6 Å². The zero-order valence-corrected chi connectivity index (χ0v) is 18.7. The van der Waals surface area contributed by atoms with Crippen LogP contribution in [0.2, 0.25) is 0 Å². The molecule has 0 radical (unpaired) electrons. The molecule has 0 spiro atoms. The molecule has 5 heteroatoms. The summed E-state index contributed by atoms with van der Waals surface area (Å²) in [7, 11) is 0. The zero-order valence-electron chi connectivity index (χ0n) is 18.7. The molecule has 0 bridgehead atoms. The number of halogens is 1. The summed E-state index contributed by atoms with van der Waals surface area (Å²) >= 11 is 0. The molecule has 0 unspecified atom stereocenters. The van der Waals surface area contributed by atoms with Crippen molar-refractivity contribution in [3.8, 4) is 0 Å². The predicted molar refractivity (Wildman–Crippen MR) is 133 cm³/mol. The van der Waals surface area contributed by atoms with Crippen molar-refractivity contribution < 1.29 is 14.0 Å². The summed E-state index contributed by atoms with van der Waals surface area (Å²) in [6.45, 7) is 0.634. The zero-order chi connectivity index (χ0) is 23.8. The summed E-state index contributed by atoms with van der Waals surface area (Å²) in [5.41, 5.74) is 3.14. The van der Waals surface area contributed by atoms with Crippen LogP contribution in [0.3, 0.4) is 0 Å². The fraction of sp³-hybridized carbons (Fsp3) is 0.103. The first kappa shape index (κ1) is 22.9. The van der Waals surface area contributed by atoms with E-state index in [2.05, 4.69) is 0 Å². The molecule has 0 N–H and O–H groups in total. The van der Waals surface area contributed by atoms with Crippen LogP contribution in [-0.2, 0) is 22.7 Å². The number of para-hydroxylation sites is 1. The van der Waals surface area contributed by atoms with E-state index in [0.717, 1.165) is 16.8 Å². The Labute approximate surface area is 198 Å². The van der Waals surface area contributed by atoms with Crippen molar-refractivity contribution in [1.82, 2.24) is 0 Å². The molecule has 0 heterocycles. The Hall–Kier alpha value is -4.25. The van der Waals surface area contributed by atoms with Gasteiger partial charge >= 0.3 is 0 Å². The third kappa shape index (κ3) is 5.95. The lowest BCUT2D eigenvalue weighted by atomic mass is 10.1. The SMILES string of the molecule is O=C(CC(=O)N(Cc1ccccc1)c1ccc(F)cc1)N(Cc1ccccc1)c1ccccc1. The van der Waals surface area contributed by atoms with Crippen LogP contribution >= 0.6 is 0 Å². The average Bonchev–Trinajstić information content (AvgIpc) is 2.88. The molecule has 0 aromatic heterocycles. The van der Waals surface area contributed by atoms with Gasteiger partial charge in [-0.25, -0.2) is 4.39 Å². The molecule has 34 heavy (non-hydrogen) atoms. The fourth-order valence-electron chi connectivity index (χ4n) is 3.73. The third-order valence-electron chi connectivity index (χ3n) is 5.48. The molecular formula is C29H25FN2O2. The van der Waals surface area contributed by atoms with Gasteiger partial charge in [-0.1, -0.05) is 78.9 Å². The van der Waals surface area contributed by atoms with Crippen molar-refractivity contribution in [2.45, 2.75) is 19.5 Å². The van der Waals surface area contributed by atoms with Crippen LogP contribution in [0.4, 0.5) is 15.8 Å². The lowest BCUT2D eigenvalue weighted by Gasteiger charge is -2.26. The molecule has 0 aliphatic carbocycles. The number of hydrogen-bond donors (Lipinski definition) is 0. The Balaban J connectivity index is 1.59. The smallest absolute Gasteiger partial charge is 0.236 e. The number of amides is 2. The van der Waals surface area contributed by atoms with Crippen molar-refractivity contribution in [1.29, 1.82) is 0 Å². The maximum Gasteiger partial charge on any atom is 0.236 e. The number of rotatable bonds is 8. The number of anilines is 2. The van der Waals surface area contributed by atoms with E-state index in [0.29, 0.717) is 12.2 Å². The van der Waals surface area contributed by atoms with Crippen LogP contribution in [0.1, 0.15) is 17.5 Å². The predicted octanol–water partition coefficient (Wildman–Crippen LogP) is 5.98. The van der Waals surface area contributed by atoms with Crippen molar-refractivity contribution in [2.75, 3.05) is 9.80 Å². The van der Waals surface area contributed by atoms with Crippen molar-refractivity contribution in [3.63, 3.8) is 0 Å². The molecule has 2 amide bonds. The average molecular weight is 453 g/mol. The first-order valence-corrected chi connectivity index (χ1v) is 11.1. The summed E-state index contributed by atoms with van der Waals surface area (Å²) in [6, 6.07) is 34.2. The van der Waals surface area contributed by atoms with Gasteiger partial charge in [0.25, 0.3) is 0 Å². The minimum absolute atomic E-state index is 0.280. The van der Waals surface area contributed by atoms with E-state index in [1.165, 1.54) is 17.0 Å². The molecule has 0 saturated heterocycles. The quantitative estimate of drug-likeness (QED) is 0.309. The molecule has 4 aromatic carbocycles. The molecule has 170 valence electrons. The summed E-state index contributed by atoms with van der Waals surface area (Å²) in [5.74, 6) is -1.04. The van der Waals surface area contributed by atoms with Gasteiger partial charge in [0.2, 0.25) is 11.8 Å². The summed E-state index contributed by atoms with van der Waals surface area (Å²) < 4.78 is 13.5. The van der Waals surface area contributed by atoms with Gasteiger partial charge in [-0.3, -0.25) is 9.59 Å². The van der Waals surface area contributed by atoms with Crippen LogP contribution in [0.5, 0.6) is 0 Å². The number of carbonyl (C=O) groups excluding carboxylic acids is 2. The second-order valence-electron chi connectivity index (χ2n) is 7.92. The molecule has 0 saturated carbocycles. The van der Waals surface area contributed by atoms with Crippen molar-refractivity contribution in [2.24, 2.45) is 0 Å². The van der Waals surface area contributed by atoms with E-state index in [-0.39, 0.29) is 30.6 Å². The molecule has 0 aliphatic heterocycles. The Kier molecular flexibility index (Phi) is 7.45. The molecule has 4 nitrogen and oxygen atoms in total. The Morgan fingerprint density at radius 3 is 1.35 bits per heavy atom. The van der Waals surface area contributed by atoms with Gasteiger partial charge in [0, 0.05) is 11.4 Å². The van der Waals surface area contributed by atoms with Gasteiger partial charge in [0.1, 0.15) is 12.2 Å². The highest BCUT2D eigenvalue weighted by molar-refractivity contribution is 6.09. The van der Waals surface area contributed by atoms with Gasteiger partial charge in [-0.05, 0) is 47.5 Å². The lowest BCUT2D eigenvalue weighted by Crippen LogP contribution is -2.37. The van der Waals surface area contributed by atoms with Crippen LogP contribution in [-0.4, -0.2) is 11.8 Å². The fourth-order valence-corrected chi connectivity index (χ4v) is 3.73. The monoisotopic (exact) mass is 452 g/mol. The standard InChI is InChI=1S/C29H25FN2O2/c30-25-16-18-27(19-17-25)32(22-24-12-6-2-7-13-24)29(34)20-28(33)31(26-14-8-3-9-15-26)21-23-10-4-1-5-11-23/h1-19H,20-22H2. The minimum atomic E-state index is -0.384. The summed E-state index contributed by atoms with van der Waals surface area (Å²) in [6.07, 6.45) is -0.314. The van der Waals surface area contributed by atoms with Gasteiger partial charge in [-0.2, -0.15) is 0 Å². The third-order valence-corrected chi connectivity index (χ3v) is 5.48. The molecule has 4 aromatic rings. The Bertz CT molecular complexity index is 1210. The van der Waals surface area contributed by atoms with Crippen molar-refractivity contribution >= 4 is 23.2 Å². The second-order valence-corrected chi connectivity index (χ2v) is 7.92. The lowest BCUT2D eigenvalue weighted by molar-refractivity contribution is -0.126. The van der Waals surface area contributed by atoms with Crippen LogP contribution in [0.25, 0.3) is 0 Å². The molecule has 4 rings (SSSR count). The van der Waals surface area contributed by atoms with E-state index in [1.54, 1.807) is 17.0 Å². The summed E-state index contributed by atoms with van der Waals surface area (Å²) in [4.78, 5) is 30.0. The molecule has 0 aliphatic rings. The maximum atomic E-state index is 13.5. The van der Waals surface area contributed by atoms with E-state index in [9.17, 15) is 14.0 Å². The Morgan fingerprint density at radius 2 is 0.912 bits per heavy atom. The normalized spacial score (nSPS) is 10.5. The summed E-state index contributed by atoms with van der Waals surface area (Å²) in [5, 5.41) is 0. The molecular weight excluding hydrogens is 427 g/mol.